The number of aliphatic hydroxyl groups is 1. The molecular weight excluding hydrogens is 304 g/mol. The van der Waals surface area contributed by atoms with Crippen LogP contribution in [0, 0.1) is 0 Å². The van der Waals surface area contributed by atoms with Crippen molar-refractivity contribution in [3.8, 4) is 5.75 Å². The van der Waals surface area contributed by atoms with Gasteiger partial charge in [0, 0.05) is 5.56 Å². The molecule has 0 saturated carbocycles. The quantitative estimate of drug-likeness (QED) is 0.713. The number of amides is 2. The predicted octanol–water partition coefficient (Wildman–Crippen LogP) is 0.0337. The largest absolute Gasteiger partial charge is 0.496 e. The van der Waals surface area contributed by atoms with E-state index in [1.165, 1.54) is 7.11 Å². The van der Waals surface area contributed by atoms with Gasteiger partial charge in [-0.2, -0.15) is 0 Å². The highest BCUT2D eigenvalue weighted by molar-refractivity contribution is 9.10. The fourth-order valence-electron chi connectivity index (χ4n) is 1.20. The second-order valence-corrected chi connectivity index (χ2v) is 4.33. The smallest absolute Gasteiger partial charge is 0.251 e. The summed E-state index contributed by atoms with van der Waals surface area (Å²) >= 11 is 3.25. The molecule has 2 amide bonds. The summed E-state index contributed by atoms with van der Waals surface area (Å²) in [5.74, 6) is -0.700. The first kappa shape index (κ1) is 14.5. The van der Waals surface area contributed by atoms with E-state index in [0.717, 1.165) is 0 Å². The van der Waals surface area contributed by atoms with Crippen molar-refractivity contribution in [3.63, 3.8) is 0 Å². The normalized spacial score (nSPS) is 11.7. The van der Waals surface area contributed by atoms with Crippen LogP contribution < -0.4 is 15.8 Å². The molecule has 7 heteroatoms. The third-order valence-electron chi connectivity index (χ3n) is 2.20. The summed E-state index contributed by atoms with van der Waals surface area (Å²) in [7, 11) is 1.52. The predicted molar refractivity (Wildman–Crippen MR) is 68.2 cm³/mol. The Kier molecular flexibility index (Phi) is 5.11. The number of carbonyl (C=O) groups excluding carboxylic acids is 2. The van der Waals surface area contributed by atoms with Gasteiger partial charge in [0.2, 0.25) is 5.91 Å². The average Bonchev–Trinajstić information content (AvgIpc) is 2.35. The van der Waals surface area contributed by atoms with E-state index >= 15 is 0 Å². The Morgan fingerprint density at radius 3 is 2.72 bits per heavy atom. The highest BCUT2D eigenvalue weighted by Crippen LogP contribution is 2.25. The van der Waals surface area contributed by atoms with Gasteiger partial charge in [-0.25, -0.2) is 0 Å². The van der Waals surface area contributed by atoms with Gasteiger partial charge in [-0.05, 0) is 34.1 Å². The second-order valence-electron chi connectivity index (χ2n) is 3.48. The Morgan fingerprint density at radius 2 is 2.22 bits per heavy atom. The highest BCUT2D eigenvalue weighted by Gasteiger charge is 2.14. The zero-order valence-electron chi connectivity index (χ0n) is 9.64. The topological polar surface area (TPSA) is 102 Å². The molecule has 6 nitrogen and oxygen atoms in total. The number of hydrogen-bond donors (Lipinski definition) is 3. The minimum absolute atomic E-state index is 0.224. The third-order valence-corrected chi connectivity index (χ3v) is 2.82. The number of aliphatic hydroxyl groups excluding tert-OH is 1. The van der Waals surface area contributed by atoms with Crippen molar-refractivity contribution >= 4 is 27.7 Å². The lowest BCUT2D eigenvalue weighted by molar-refractivity contribution is -0.125. The Morgan fingerprint density at radius 1 is 1.56 bits per heavy atom. The van der Waals surface area contributed by atoms with Crippen LogP contribution in [-0.4, -0.2) is 36.7 Å². The maximum atomic E-state index is 11.7. The molecule has 1 aromatic rings. The van der Waals surface area contributed by atoms with E-state index < -0.39 is 17.9 Å². The monoisotopic (exact) mass is 316 g/mol. The lowest BCUT2D eigenvalue weighted by atomic mass is 10.2. The van der Waals surface area contributed by atoms with Gasteiger partial charge in [0.05, 0.1) is 18.1 Å². The molecule has 1 aromatic carbocycles. The van der Waals surface area contributed by atoms with Crippen molar-refractivity contribution in [1.82, 2.24) is 5.32 Å². The Hall–Kier alpha value is -1.60. The fourth-order valence-corrected chi connectivity index (χ4v) is 1.74. The zero-order valence-corrected chi connectivity index (χ0v) is 11.2. The van der Waals surface area contributed by atoms with Gasteiger partial charge in [-0.3, -0.25) is 9.59 Å². The van der Waals surface area contributed by atoms with Crippen LogP contribution in [0.25, 0.3) is 0 Å². The van der Waals surface area contributed by atoms with Crippen molar-refractivity contribution in [2.75, 3.05) is 13.7 Å². The van der Waals surface area contributed by atoms with Crippen molar-refractivity contribution in [2.24, 2.45) is 5.73 Å². The number of hydrogen-bond acceptors (Lipinski definition) is 4. The van der Waals surface area contributed by atoms with E-state index in [4.69, 9.17) is 15.6 Å². The van der Waals surface area contributed by atoms with Gasteiger partial charge in [0.1, 0.15) is 11.9 Å². The maximum Gasteiger partial charge on any atom is 0.251 e. The zero-order chi connectivity index (χ0) is 13.7. The standard InChI is InChI=1S/C11H13BrN2O4/c1-18-9-3-2-6(4-7(9)12)11(17)14-5-8(15)10(13)16/h2-4,8,15H,5H2,1H3,(H2,13,16)(H,14,17). The van der Waals surface area contributed by atoms with Gasteiger partial charge < -0.3 is 20.9 Å². The van der Waals surface area contributed by atoms with E-state index in [2.05, 4.69) is 21.2 Å². The maximum absolute atomic E-state index is 11.7. The fraction of sp³-hybridized carbons (Fsp3) is 0.273. The summed E-state index contributed by atoms with van der Waals surface area (Å²) in [5, 5.41) is 11.5. The van der Waals surface area contributed by atoms with Crippen LogP contribution in [0.4, 0.5) is 0 Å². The molecule has 0 heterocycles. The van der Waals surface area contributed by atoms with Crippen LogP contribution in [0.15, 0.2) is 22.7 Å². The number of ether oxygens (including phenoxy) is 1. The SMILES string of the molecule is COc1ccc(C(=O)NCC(O)C(N)=O)cc1Br. The molecule has 0 saturated heterocycles. The number of nitrogens with one attached hydrogen (secondary N) is 1. The average molecular weight is 317 g/mol. The highest BCUT2D eigenvalue weighted by atomic mass is 79.9. The molecule has 98 valence electrons. The molecule has 0 aromatic heterocycles. The molecule has 4 N–H and O–H groups in total. The van der Waals surface area contributed by atoms with Gasteiger partial charge in [-0.15, -0.1) is 0 Å². The van der Waals surface area contributed by atoms with Crippen molar-refractivity contribution in [2.45, 2.75) is 6.10 Å². The molecule has 0 radical (unpaired) electrons. The minimum Gasteiger partial charge on any atom is -0.496 e. The minimum atomic E-state index is -1.39. The van der Waals surface area contributed by atoms with E-state index in [1.807, 2.05) is 0 Å². The number of carbonyl (C=O) groups is 2. The van der Waals surface area contributed by atoms with Crippen molar-refractivity contribution in [3.05, 3.63) is 28.2 Å². The molecule has 18 heavy (non-hydrogen) atoms. The number of nitrogens with two attached hydrogens (primary N) is 1. The number of benzene rings is 1. The Balaban J connectivity index is 2.67. The summed E-state index contributed by atoms with van der Waals surface area (Å²) in [6.07, 6.45) is -1.39. The van der Waals surface area contributed by atoms with Gasteiger partial charge in [-0.1, -0.05) is 0 Å². The first-order valence-electron chi connectivity index (χ1n) is 5.04. The summed E-state index contributed by atoms with van der Waals surface area (Å²) < 4.78 is 5.66. The Bertz CT molecular complexity index is 464. The van der Waals surface area contributed by atoms with Crippen LogP contribution >= 0.6 is 15.9 Å². The second kappa shape index (κ2) is 6.36. The lowest BCUT2D eigenvalue weighted by Gasteiger charge is -2.09. The number of rotatable bonds is 5. The van der Waals surface area contributed by atoms with Gasteiger partial charge in [0.15, 0.2) is 0 Å². The van der Waals surface area contributed by atoms with E-state index in [0.29, 0.717) is 15.8 Å². The number of halogens is 1. The molecule has 1 atom stereocenters. The first-order chi connectivity index (χ1) is 8.45. The molecule has 1 unspecified atom stereocenters. The van der Waals surface area contributed by atoms with Crippen LogP contribution in [0.2, 0.25) is 0 Å². The molecule has 0 aliphatic heterocycles. The third kappa shape index (κ3) is 3.71. The van der Waals surface area contributed by atoms with Crippen LogP contribution in [0.5, 0.6) is 5.75 Å². The van der Waals surface area contributed by atoms with Gasteiger partial charge >= 0.3 is 0 Å². The number of methoxy groups -OCH3 is 1. The van der Waals surface area contributed by atoms with Gasteiger partial charge in [0.25, 0.3) is 5.91 Å². The summed E-state index contributed by atoms with van der Waals surface area (Å²) in [5.41, 5.74) is 5.23. The summed E-state index contributed by atoms with van der Waals surface area (Å²) in [6.45, 7) is -0.224. The van der Waals surface area contributed by atoms with Crippen LogP contribution in [0.1, 0.15) is 10.4 Å². The van der Waals surface area contributed by atoms with E-state index in [9.17, 15) is 9.59 Å². The van der Waals surface area contributed by atoms with Crippen molar-refractivity contribution < 1.29 is 19.4 Å². The summed E-state index contributed by atoms with van der Waals surface area (Å²) in [6, 6.07) is 4.77. The van der Waals surface area contributed by atoms with Crippen LogP contribution in [0.3, 0.4) is 0 Å². The molecule has 0 aliphatic rings. The lowest BCUT2D eigenvalue weighted by Crippen LogP contribution is -2.39. The Labute approximate surface area is 112 Å². The first-order valence-corrected chi connectivity index (χ1v) is 5.84. The number of primary amides is 1. The van der Waals surface area contributed by atoms with Crippen molar-refractivity contribution in [1.29, 1.82) is 0 Å². The molecular formula is C11H13BrN2O4. The van der Waals surface area contributed by atoms with E-state index in [-0.39, 0.29) is 6.54 Å². The molecule has 0 aliphatic carbocycles. The molecule has 0 bridgehead atoms. The summed E-state index contributed by atoms with van der Waals surface area (Å²) in [4.78, 5) is 22.3. The van der Waals surface area contributed by atoms with E-state index in [1.54, 1.807) is 18.2 Å². The molecule has 0 spiro atoms. The van der Waals surface area contributed by atoms with Crippen LogP contribution in [-0.2, 0) is 4.79 Å². The molecule has 1 rings (SSSR count). The molecule has 0 fully saturated rings.